The Bertz CT molecular complexity index is 609. The molecule has 0 saturated heterocycles. The van der Waals surface area contributed by atoms with E-state index in [1.165, 1.54) is 6.20 Å². The van der Waals surface area contributed by atoms with Gasteiger partial charge in [0.25, 0.3) is 0 Å². The molecule has 6 heteroatoms. The summed E-state index contributed by atoms with van der Waals surface area (Å²) in [6.45, 7) is 0. The zero-order valence-corrected chi connectivity index (χ0v) is 10.0. The van der Waals surface area contributed by atoms with Gasteiger partial charge in [-0.2, -0.15) is 10.4 Å². The summed E-state index contributed by atoms with van der Waals surface area (Å²) < 4.78 is 0. The van der Waals surface area contributed by atoms with Crippen molar-refractivity contribution in [2.75, 3.05) is 5.32 Å². The number of H-pyrrole nitrogens is 1. The van der Waals surface area contributed by atoms with E-state index in [4.69, 9.17) is 16.9 Å². The third-order valence-corrected chi connectivity index (χ3v) is 2.70. The van der Waals surface area contributed by atoms with Crippen molar-refractivity contribution in [3.05, 3.63) is 46.6 Å². The fraction of sp³-hybridized carbons (Fsp3) is 0.0833. The molecule has 2 rings (SSSR count). The molecule has 0 fully saturated rings. The molecule has 1 aromatic heterocycles. The van der Waals surface area contributed by atoms with E-state index in [0.717, 1.165) is 5.56 Å². The van der Waals surface area contributed by atoms with Gasteiger partial charge in [-0.1, -0.05) is 29.8 Å². The standard InChI is InChI=1S/C12H9ClN4O/c13-10-4-2-1-3-8(10)5-11(18)16-12-9(6-14)7-15-17-12/h1-4,7H,5H2,(H2,15,16,17,18). The van der Waals surface area contributed by atoms with Gasteiger partial charge in [0.15, 0.2) is 0 Å². The minimum absolute atomic E-state index is 0.142. The zero-order chi connectivity index (χ0) is 13.0. The van der Waals surface area contributed by atoms with Gasteiger partial charge in [-0.25, -0.2) is 0 Å². The number of nitrogens with zero attached hydrogens (tertiary/aromatic N) is 2. The van der Waals surface area contributed by atoms with Crippen molar-refractivity contribution in [1.29, 1.82) is 5.26 Å². The fourth-order valence-corrected chi connectivity index (χ4v) is 1.67. The van der Waals surface area contributed by atoms with Crippen LogP contribution in [0.1, 0.15) is 11.1 Å². The SMILES string of the molecule is N#Cc1cn[nH]c1NC(=O)Cc1ccccc1Cl. The third kappa shape index (κ3) is 2.67. The van der Waals surface area contributed by atoms with Gasteiger partial charge in [0.2, 0.25) is 5.91 Å². The first-order valence-electron chi connectivity index (χ1n) is 5.17. The number of benzene rings is 1. The van der Waals surface area contributed by atoms with E-state index in [9.17, 15) is 4.79 Å². The molecule has 1 amide bonds. The molecule has 1 heterocycles. The second-order valence-electron chi connectivity index (χ2n) is 3.59. The van der Waals surface area contributed by atoms with Crippen LogP contribution in [0.4, 0.5) is 5.82 Å². The maximum atomic E-state index is 11.8. The average Bonchev–Trinajstić information content (AvgIpc) is 2.79. The fourth-order valence-electron chi connectivity index (χ4n) is 1.46. The Kier molecular flexibility index (Phi) is 3.60. The monoisotopic (exact) mass is 260 g/mol. The van der Waals surface area contributed by atoms with E-state index in [-0.39, 0.29) is 12.3 Å². The summed E-state index contributed by atoms with van der Waals surface area (Å²) in [5.41, 5.74) is 1.03. The van der Waals surface area contributed by atoms with Crippen molar-refractivity contribution in [3.63, 3.8) is 0 Å². The molecule has 0 atom stereocenters. The number of amides is 1. The molecular weight excluding hydrogens is 252 g/mol. The van der Waals surface area contributed by atoms with Gasteiger partial charge >= 0.3 is 0 Å². The Balaban J connectivity index is 2.06. The van der Waals surface area contributed by atoms with Crippen molar-refractivity contribution in [1.82, 2.24) is 10.2 Å². The van der Waals surface area contributed by atoms with Crippen LogP contribution < -0.4 is 5.32 Å². The molecule has 5 nitrogen and oxygen atoms in total. The van der Waals surface area contributed by atoms with Crippen LogP contribution in [0.3, 0.4) is 0 Å². The Morgan fingerprint density at radius 1 is 1.50 bits per heavy atom. The van der Waals surface area contributed by atoms with Crippen LogP contribution in [-0.4, -0.2) is 16.1 Å². The van der Waals surface area contributed by atoms with E-state index < -0.39 is 0 Å². The molecule has 0 aliphatic rings. The second kappa shape index (κ2) is 5.34. The number of hydrogen-bond donors (Lipinski definition) is 2. The van der Waals surface area contributed by atoms with Crippen molar-refractivity contribution in [3.8, 4) is 6.07 Å². The minimum Gasteiger partial charge on any atom is -0.310 e. The lowest BCUT2D eigenvalue weighted by Gasteiger charge is -2.04. The van der Waals surface area contributed by atoms with Crippen LogP contribution in [0, 0.1) is 11.3 Å². The Morgan fingerprint density at radius 2 is 2.28 bits per heavy atom. The quantitative estimate of drug-likeness (QED) is 0.887. The van der Waals surface area contributed by atoms with Crippen molar-refractivity contribution in [2.45, 2.75) is 6.42 Å². The predicted octanol–water partition coefficient (Wildman–Crippen LogP) is 2.12. The van der Waals surface area contributed by atoms with E-state index in [1.54, 1.807) is 18.2 Å². The summed E-state index contributed by atoms with van der Waals surface area (Å²) in [5.74, 6) is 0.0402. The molecule has 0 aliphatic carbocycles. The average molecular weight is 261 g/mol. The minimum atomic E-state index is -0.260. The Morgan fingerprint density at radius 3 is 3.00 bits per heavy atom. The number of nitrogens with one attached hydrogen (secondary N) is 2. The molecule has 90 valence electrons. The van der Waals surface area contributed by atoms with E-state index >= 15 is 0 Å². The van der Waals surface area contributed by atoms with Crippen LogP contribution >= 0.6 is 11.6 Å². The molecule has 18 heavy (non-hydrogen) atoms. The first kappa shape index (κ1) is 12.1. The van der Waals surface area contributed by atoms with E-state index in [1.807, 2.05) is 12.1 Å². The number of carbonyl (C=O) groups is 1. The van der Waals surface area contributed by atoms with Gasteiger partial charge in [0.1, 0.15) is 17.5 Å². The van der Waals surface area contributed by atoms with Crippen LogP contribution in [0.2, 0.25) is 5.02 Å². The van der Waals surface area contributed by atoms with Crippen LogP contribution in [0.15, 0.2) is 30.5 Å². The topological polar surface area (TPSA) is 81.6 Å². The summed E-state index contributed by atoms with van der Waals surface area (Å²) in [5, 5.41) is 18.1. The first-order chi connectivity index (χ1) is 8.70. The number of rotatable bonds is 3. The molecule has 2 N–H and O–H groups in total. The molecule has 1 aromatic carbocycles. The largest absolute Gasteiger partial charge is 0.310 e. The highest BCUT2D eigenvalue weighted by Crippen LogP contribution is 2.16. The van der Waals surface area contributed by atoms with Crippen LogP contribution in [-0.2, 0) is 11.2 Å². The second-order valence-corrected chi connectivity index (χ2v) is 3.99. The zero-order valence-electron chi connectivity index (χ0n) is 9.27. The number of halogens is 1. The normalized spacial score (nSPS) is 9.78. The summed E-state index contributed by atoms with van der Waals surface area (Å²) in [6.07, 6.45) is 1.49. The lowest BCUT2D eigenvalue weighted by molar-refractivity contribution is -0.115. The number of hydrogen-bond acceptors (Lipinski definition) is 3. The highest BCUT2D eigenvalue weighted by molar-refractivity contribution is 6.31. The molecule has 0 unspecified atom stereocenters. The maximum absolute atomic E-state index is 11.8. The lowest BCUT2D eigenvalue weighted by atomic mass is 10.1. The number of nitriles is 1. The van der Waals surface area contributed by atoms with Gasteiger partial charge in [-0.05, 0) is 11.6 Å². The van der Waals surface area contributed by atoms with Gasteiger partial charge in [0.05, 0.1) is 12.6 Å². The number of aromatic nitrogens is 2. The number of carbonyl (C=O) groups excluding carboxylic acids is 1. The smallest absolute Gasteiger partial charge is 0.230 e. The molecule has 0 aliphatic heterocycles. The molecule has 0 bridgehead atoms. The molecular formula is C12H9ClN4O. The molecule has 0 spiro atoms. The summed E-state index contributed by atoms with van der Waals surface area (Å²) in [7, 11) is 0. The van der Waals surface area contributed by atoms with E-state index in [2.05, 4.69) is 15.5 Å². The van der Waals surface area contributed by atoms with Crippen molar-refractivity contribution < 1.29 is 4.79 Å². The van der Waals surface area contributed by atoms with Gasteiger partial charge < -0.3 is 5.32 Å². The Labute approximate surface area is 108 Å². The summed E-state index contributed by atoms with van der Waals surface area (Å²) in [6, 6.07) is 9.03. The highest BCUT2D eigenvalue weighted by atomic mass is 35.5. The summed E-state index contributed by atoms with van der Waals surface area (Å²) >= 11 is 5.96. The number of anilines is 1. The van der Waals surface area contributed by atoms with Crippen LogP contribution in [0.25, 0.3) is 0 Å². The third-order valence-electron chi connectivity index (χ3n) is 2.33. The molecule has 0 radical (unpaired) electrons. The van der Waals surface area contributed by atoms with Crippen molar-refractivity contribution in [2.24, 2.45) is 0 Å². The van der Waals surface area contributed by atoms with Crippen molar-refractivity contribution >= 4 is 23.3 Å². The Hall–Kier alpha value is -2.32. The lowest BCUT2D eigenvalue weighted by Crippen LogP contribution is -2.15. The molecule has 0 saturated carbocycles. The first-order valence-corrected chi connectivity index (χ1v) is 5.55. The van der Waals surface area contributed by atoms with Gasteiger partial charge in [0, 0.05) is 5.02 Å². The number of aromatic amines is 1. The highest BCUT2D eigenvalue weighted by Gasteiger charge is 2.10. The van der Waals surface area contributed by atoms with E-state index in [0.29, 0.717) is 16.4 Å². The predicted molar refractivity (Wildman–Crippen MR) is 67.1 cm³/mol. The van der Waals surface area contributed by atoms with Gasteiger partial charge in [-0.15, -0.1) is 0 Å². The molecule has 2 aromatic rings. The maximum Gasteiger partial charge on any atom is 0.230 e. The van der Waals surface area contributed by atoms with Crippen LogP contribution in [0.5, 0.6) is 0 Å². The summed E-state index contributed by atoms with van der Waals surface area (Å²) in [4.78, 5) is 11.8. The van der Waals surface area contributed by atoms with Gasteiger partial charge in [-0.3, -0.25) is 9.89 Å².